The first-order chi connectivity index (χ1) is 8.70. The molecule has 2 N–H and O–H groups in total. The molecule has 1 aromatic carbocycles. The van der Waals surface area contributed by atoms with Gasteiger partial charge in [0.15, 0.2) is 0 Å². The van der Waals surface area contributed by atoms with Gasteiger partial charge in [-0.05, 0) is 89.4 Å². The number of rotatable bonds is 5. The van der Waals surface area contributed by atoms with Gasteiger partial charge in [0.05, 0.1) is 0 Å². The molecule has 0 radical (unpaired) electrons. The molecule has 0 aliphatic carbocycles. The van der Waals surface area contributed by atoms with Gasteiger partial charge in [0.1, 0.15) is 0 Å². The lowest BCUT2D eigenvalue weighted by atomic mass is 9.92. The highest BCUT2D eigenvalue weighted by Gasteiger charge is 2.23. The largest absolute Gasteiger partial charge is 0.330 e. The number of nitrogens with zero attached hydrogens (tertiary/aromatic N) is 1. The lowest BCUT2D eigenvalue weighted by molar-refractivity contribution is 0.139. The number of aryl methyl sites for hydroxylation is 2. The van der Waals surface area contributed by atoms with Gasteiger partial charge in [0.25, 0.3) is 0 Å². The van der Waals surface area contributed by atoms with Gasteiger partial charge in [-0.25, -0.2) is 0 Å². The summed E-state index contributed by atoms with van der Waals surface area (Å²) < 4.78 is 0. The Bertz CT molecular complexity index is 421. The Morgan fingerprint density at radius 3 is 1.95 bits per heavy atom. The van der Waals surface area contributed by atoms with Crippen LogP contribution in [0.3, 0.4) is 0 Å². The molecule has 0 saturated carbocycles. The van der Waals surface area contributed by atoms with Crippen molar-refractivity contribution in [1.82, 2.24) is 4.90 Å². The highest BCUT2D eigenvalue weighted by atomic mass is 15.2. The summed E-state index contributed by atoms with van der Waals surface area (Å²) in [5.74, 6) is 0. The van der Waals surface area contributed by atoms with E-state index in [0.29, 0.717) is 0 Å². The molecule has 0 unspecified atom stereocenters. The van der Waals surface area contributed by atoms with Crippen LogP contribution in [0.4, 0.5) is 0 Å². The summed E-state index contributed by atoms with van der Waals surface area (Å²) in [6, 6.07) is 2.29. The molecule has 0 amide bonds. The van der Waals surface area contributed by atoms with Gasteiger partial charge >= 0.3 is 0 Å². The van der Waals surface area contributed by atoms with E-state index in [4.69, 9.17) is 5.73 Å². The number of benzene rings is 1. The molecule has 0 aromatic heterocycles. The van der Waals surface area contributed by atoms with Crippen LogP contribution in [0.25, 0.3) is 0 Å². The van der Waals surface area contributed by atoms with Crippen LogP contribution in [-0.2, 0) is 6.54 Å². The Balaban J connectivity index is 3.06. The van der Waals surface area contributed by atoms with Crippen molar-refractivity contribution in [3.05, 3.63) is 33.9 Å². The molecular formula is C17H30N2. The molecule has 2 heteroatoms. The van der Waals surface area contributed by atoms with Gasteiger partial charge in [-0.15, -0.1) is 0 Å². The molecule has 0 atom stereocenters. The van der Waals surface area contributed by atoms with Crippen LogP contribution >= 0.6 is 0 Å². The van der Waals surface area contributed by atoms with Crippen molar-refractivity contribution in [1.29, 1.82) is 0 Å². The molecule has 1 aromatic rings. The monoisotopic (exact) mass is 262 g/mol. The third-order valence-corrected chi connectivity index (χ3v) is 4.71. The van der Waals surface area contributed by atoms with Crippen molar-refractivity contribution in [2.24, 2.45) is 5.73 Å². The molecule has 0 heterocycles. The van der Waals surface area contributed by atoms with Crippen molar-refractivity contribution >= 4 is 0 Å². The Kier molecular flexibility index (Phi) is 5.17. The Labute approximate surface area is 119 Å². The van der Waals surface area contributed by atoms with Crippen molar-refractivity contribution in [2.45, 2.75) is 60.0 Å². The van der Waals surface area contributed by atoms with E-state index in [-0.39, 0.29) is 5.54 Å². The molecule has 0 fully saturated rings. The minimum atomic E-state index is 0.144. The number of hydrogen-bond donors (Lipinski definition) is 1. The van der Waals surface area contributed by atoms with Crippen LogP contribution in [0, 0.1) is 27.7 Å². The second-order valence-electron chi connectivity index (χ2n) is 6.45. The minimum absolute atomic E-state index is 0.144. The molecule has 2 nitrogen and oxygen atoms in total. The summed E-state index contributed by atoms with van der Waals surface area (Å²) in [6.07, 6.45) is 1.02. The smallest absolute Gasteiger partial charge is 0.0241 e. The molecule has 19 heavy (non-hydrogen) atoms. The van der Waals surface area contributed by atoms with Gasteiger partial charge in [0, 0.05) is 12.1 Å². The quantitative estimate of drug-likeness (QED) is 0.880. The lowest BCUT2D eigenvalue weighted by Crippen LogP contribution is -2.42. The van der Waals surface area contributed by atoms with Crippen molar-refractivity contribution in [3.63, 3.8) is 0 Å². The summed E-state index contributed by atoms with van der Waals surface area (Å²) in [6.45, 7) is 15.2. The Hall–Kier alpha value is -0.860. The van der Waals surface area contributed by atoms with Gasteiger partial charge in [-0.3, -0.25) is 4.90 Å². The fourth-order valence-corrected chi connectivity index (χ4v) is 2.53. The topological polar surface area (TPSA) is 29.3 Å². The second-order valence-corrected chi connectivity index (χ2v) is 6.45. The molecule has 0 spiro atoms. The average Bonchev–Trinajstić information content (AvgIpc) is 2.31. The van der Waals surface area contributed by atoms with Gasteiger partial charge in [-0.2, -0.15) is 0 Å². The maximum absolute atomic E-state index is 5.73. The predicted molar refractivity (Wildman–Crippen MR) is 84.6 cm³/mol. The standard InChI is InChI=1S/C17H30N2/c1-12-10-13(2)15(4)16(14(12)3)11-19(7)17(5,6)8-9-18/h10H,8-9,11,18H2,1-7H3. The van der Waals surface area contributed by atoms with E-state index in [1.165, 1.54) is 27.8 Å². The Morgan fingerprint density at radius 2 is 1.53 bits per heavy atom. The highest BCUT2D eigenvalue weighted by Crippen LogP contribution is 2.26. The number of hydrogen-bond acceptors (Lipinski definition) is 2. The predicted octanol–water partition coefficient (Wildman–Crippen LogP) is 3.48. The van der Waals surface area contributed by atoms with E-state index in [2.05, 4.69) is 59.6 Å². The summed E-state index contributed by atoms with van der Waals surface area (Å²) in [7, 11) is 2.20. The Morgan fingerprint density at radius 1 is 1.05 bits per heavy atom. The SMILES string of the molecule is Cc1cc(C)c(C)c(CN(C)C(C)(C)CCN)c1C. The molecular weight excluding hydrogens is 232 g/mol. The van der Waals surface area contributed by atoms with E-state index in [1.807, 2.05) is 0 Å². The third-order valence-electron chi connectivity index (χ3n) is 4.71. The van der Waals surface area contributed by atoms with Crippen LogP contribution in [0.5, 0.6) is 0 Å². The van der Waals surface area contributed by atoms with Crippen LogP contribution in [-0.4, -0.2) is 24.0 Å². The van der Waals surface area contributed by atoms with Crippen LogP contribution < -0.4 is 5.73 Å². The zero-order chi connectivity index (χ0) is 14.8. The fourth-order valence-electron chi connectivity index (χ4n) is 2.53. The van der Waals surface area contributed by atoms with Crippen molar-refractivity contribution < 1.29 is 0 Å². The molecule has 0 saturated heterocycles. The first kappa shape index (κ1) is 16.2. The molecule has 108 valence electrons. The van der Waals surface area contributed by atoms with Crippen molar-refractivity contribution in [3.8, 4) is 0 Å². The van der Waals surface area contributed by atoms with Crippen molar-refractivity contribution in [2.75, 3.05) is 13.6 Å². The van der Waals surface area contributed by atoms with Gasteiger partial charge in [0.2, 0.25) is 0 Å². The van der Waals surface area contributed by atoms with Crippen LogP contribution in [0.1, 0.15) is 48.1 Å². The normalized spacial score (nSPS) is 12.3. The minimum Gasteiger partial charge on any atom is -0.330 e. The first-order valence-electron chi connectivity index (χ1n) is 7.18. The van der Waals surface area contributed by atoms with Gasteiger partial charge < -0.3 is 5.73 Å². The summed E-state index contributed by atoms with van der Waals surface area (Å²) in [5, 5.41) is 0. The summed E-state index contributed by atoms with van der Waals surface area (Å²) in [4.78, 5) is 2.42. The van der Waals surface area contributed by atoms with E-state index >= 15 is 0 Å². The zero-order valence-electron chi connectivity index (χ0n) is 13.7. The van der Waals surface area contributed by atoms with E-state index < -0.39 is 0 Å². The molecule has 0 bridgehead atoms. The van der Waals surface area contributed by atoms with Crippen LogP contribution in [0.15, 0.2) is 6.07 Å². The van der Waals surface area contributed by atoms with Crippen LogP contribution in [0.2, 0.25) is 0 Å². The number of nitrogens with two attached hydrogens (primary N) is 1. The van der Waals surface area contributed by atoms with E-state index in [1.54, 1.807) is 0 Å². The maximum Gasteiger partial charge on any atom is 0.0241 e. The maximum atomic E-state index is 5.73. The van der Waals surface area contributed by atoms with Gasteiger partial charge in [-0.1, -0.05) is 6.07 Å². The fraction of sp³-hybridized carbons (Fsp3) is 0.647. The summed E-state index contributed by atoms with van der Waals surface area (Å²) in [5.41, 5.74) is 13.0. The zero-order valence-corrected chi connectivity index (χ0v) is 13.7. The second kappa shape index (κ2) is 6.06. The van der Waals surface area contributed by atoms with E-state index in [0.717, 1.165) is 19.5 Å². The van der Waals surface area contributed by atoms with E-state index in [9.17, 15) is 0 Å². The average molecular weight is 262 g/mol. The summed E-state index contributed by atoms with van der Waals surface area (Å²) >= 11 is 0. The molecule has 0 aliphatic rings. The molecule has 1 rings (SSSR count). The third kappa shape index (κ3) is 3.58. The molecule has 0 aliphatic heterocycles. The highest BCUT2D eigenvalue weighted by molar-refractivity contribution is 5.44. The lowest BCUT2D eigenvalue weighted by Gasteiger charge is -2.36. The first-order valence-corrected chi connectivity index (χ1v) is 7.18.